The zero-order chi connectivity index (χ0) is 14.9. The summed E-state index contributed by atoms with van der Waals surface area (Å²) in [7, 11) is 1.35. The lowest BCUT2D eigenvalue weighted by Crippen LogP contribution is -2.39. The van der Waals surface area contributed by atoms with Crippen LogP contribution in [0.4, 0.5) is 4.79 Å². The van der Waals surface area contributed by atoms with E-state index in [0.29, 0.717) is 6.42 Å². The van der Waals surface area contributed by atoms with Gasteiger partial charge in [-0.3, -0.25) is 4.79 Å². The van der Waals surface area contributed by atoms with E-state index in [4.69, 9.17) is 4.74 Å². The minimum Gasteiger partial charge on any atom is -0.469 e. The molecule has 0 fully saturated rings. The number of methoxy groups -OCH3 is 1. The highest BCUT2D eigenvalue weighted by molar-refractivity contribution is 5.70. The van der Waals surface area contributed by atoms with Crippen LogP contribution in [0.1, 0.15) is 46.5 Å². The maximum atomic E-state index is 11.7. The van der Waals surface area contributed by atoms with Crippen LogP contribution < -0.4 is 5.32 Å². The Morgan fingerprint density at radius 2 is 1.95 bits per heavy atom. The van der Waals surface area contributed by atoms with Crippen LogP contribution in [0.3, 0.4) is 0 Å². The molecule has 0 heterocycles. The maximum Gasteiger partial charge on any atom is 0.407 e. The Kier molecular flexibility index (Phi) is 7.87. The normalized spacial score (nSPS) is 12.4. The SMILES string of the molecule is C=CCC[C@H](CCC(=O)OC)NC(=O)OC(C)(C)C. The molecule has 0 radical (unpaired) electrons. The van der Waals surface area contributed by atoms with Crippen molar-refractivity contribution >= 4 is 12.1 Å². The highest BCUT2D eigenvalue weighted by atomic mass is 16.6. The Labute approximate surface area is 115 Å². The molecule has 19 heavy (non-hydrogen) atoms. The van der Waals surface area contributed by atoms with Crippen LogP contribution in [0.15, 0.2) is 12.7 Å². The molecular formula is C14H25NO4. The Morgan fingerprint density at radius 3 is 2.42 bits per heavy atom. The first-order valence-electron chi connectivity index (χ1n) is 6.45. The van der Waals surface area contributed by atoms with Gasteiger partial charge in [0, 0.05) is 12.5 Å². The van der Waals surface area contributed by atoms with Gasteiger partial charge in [0.2, 0.25) is 0 Å². The molecule has 0 aromatic rings. The molecule has 0 bridgehead atoms. The molecule has 0 rings (SSSR count). The molecule has 0 spiro atoms. The number of hydrogen-bond acceptors (Lipinski definition) is 4. The minimum absolute atomic E-state index is 0.119. The number of nitrogens with one attached hydrogen (secondary N) is 1. The van der Waals surface area contributed by atoms with E-state index < -0.39 is 11.7 Å². The Morgan fingerprint density at radius 1 is 1.32 bits per heavy atom. The van der Waals surface area contributed by atoms with Crippen LogP contribution >= 0.6 is 0 Å². The van der Waals surface area contributed by atoms with Gasteiger partial charge < -0.3 is 14.8 Å². The van der Waals surface area contributed by atoms with Crippen LogP contribution in [0.2, 0.25) is 0 Å². The molecule has 1 N–H and O–H groups in total. The summed E-state index contributed by atoms with van der Waals surface area (Å²) < 4.78 is 9.78. The van der Waals surface area contributed by atoms with Gasteiger partial charge in [-0.2, -0.15) is 0 Å². The van der Waals surface area contributed by atoms with Gasteiger partial charge >= 0.3 is 12.1 Å². The fraction of sp³-hybridized carbons (Fsp3) is 0.714. The molecule has 5 nitrogen and oxygen atoms in total. The van der Waals surface area contributed by atoms with Crippen LogP contribution in [0.25, 0.3) is 0 Å². The number of carbonyl (C=O) groups is 2. The van der Waals surface area contributed by atoms with Crippen molar-refractivity contribution in [2.24, 2.45) is 0 Å². The summed E-state index contributed by atoms with van der Waals surface area (Å²) in [5, 5.41) is 2.77. The molecule has 0 saturated heterocycles. The van der Waals surface area contributed by atoms with E-state index in [9.17, 15) is 9.59 Å². The molecule has 0 unspecified atom stereocenters. The average Bonchev–Trinajstić information content (AvgIpc) is 2.29. The number of carbonyl (C=O) groups excluding carboxylic acids is 2. The van der Waals surface area contributed by atoms with Crippen molar-refractivity contribution in [3.8, 4) is 0 Å². The molecule has 1 atom stereocenters. The largest absolute Gasteiger partial charge is 0.469 e. The number of hydrogen-bond donors (Lipinski definition) is 1. The summed E-state index contributed by atoms with van der Waals surface area (Å²) in [5.41, 5.74) is -0.532. The summed E-state index contributed by atoms with van der Waals surface area (Å²) >= 11 is 0. The van der Waals surface area contributed by atoms with Crippen molar-refractivity contribution in [2.75, 3.05) is 7.11 Å². The van der Waals surface area contributed by atoms with E-state index >= 15 is 0 Å². The van der Waals surface area contributed by atoms with Gasteiger partial charge in [-0.05, 0) is 40.0 Å². The first-order valence-corrected chi connectivity index (χ1v) is 6.45. The summed E-state index contributed by atoms with van der Waals surface area (Å²) in [6, 6.07) is -0.119. The Balaban J connectivity index is 4.29. The van der Waals surface area contributed by atoms with E-state index in [-0.39, 0.29) is 18.4 Å². The quantitative estimate of drug-likeness (QED) is 0.571. The Bertz CT molecular complexity index is 307. The van der Waals surface area contributed by atoms with E-state index in [1.807, 2.05) is 0 Å². The summed E-state index contributed by atoms with van der Waals surface area (Å²) in [4.78, 5) is 22.8. The van der Waals surface area contributed by atoms with Gasteiger partial charge in [-0.1, -0.05) is 6.08 Å². The fourth-order valence-corrected chi connectivity index (χ4v) is 1.48. The highest BCUT2D eigenvalue weighted by Gasteiger charge is 2.19. The lowest BCUT2D eigenvalue weighted by atomic mass is 10.1. The topological polar surface area (TPSA) is 64.6 Å². The smallest absolute Gasteiger partial charge is 0.407 e. The molecule has 5 heteroatoms. The molecule has 0 aliphatic rings. The predicted octanol–water partition coefficient (Wildman–Crippen LogP) is 2.80. The van der Waals surface area contributed by atoms with Crippen LogP contribution in [-0.2, 0) is 14.3 Å². The van der Waals surface area contributed by atoms with Gasteiger partial charge in [0.1, 0.15) is 5.60 Å². The molecule has 0 aliphatic carbocycles. The van der Waals surface area contributed by atoms with Gasteiger partial charge in [-0.25, -0.2) is 4.79 Å². The molecule has 0 saturated carbocycles. The second-order valence-corrected chi connectivity index (χ2v) is 5.32. The van der Waals surface area contributed by atoms with Gasteiger partial charge in [0.25, 0.3) is 0 Å². The number of amides is 1. The van der Waals surface area contributed by atoms with Crippen molar-refractivity contribution in [1.82, 2.24) is 5.32 Å². The van der Waals surface area contributed by atoms with Crippen LogP contribution in [0.5, 0.6) is 0 Å². The summed E-state index contributed by atoms with van der Waals surface area (Å²) in [6.45, 7) is 9.06. The first-order chi connectivity index (χ1) is 8.78. The molecular weight excluding hydrogens is 246 g/mol. The van der Waals surface area contributed by atoms with E-state index in [0.717, 1.165) is 12.8 Å². The maximum absolute atomic E-state index is 11.7. The third kappa shape index (κ3) is 10.1. The highest BCUT2D eigenvalue weighted by Crippen LogP contribution is 2.10. The number of esters is 1. The number of ether oxygens (including phenoxy) is 2. The first kappa shape index (κ1) is 17.5. The van der Waals surface area contributed by atoms with Crippen LogP contribution in [-0.4, -0.2) is 30.8 Å². The van der Waals surface area contributed by atoms with Crippen LogP contribution in [0, 0.1) is 0 Å². The standard InChI is InChI=1S/C14H25NO4/c1-6-7-8-11(9-10-12(16)18-5)15-13(17)19-14(2,3)4/h6,11H,1,7-10H2,2-5H3,(H,15,17)/t11-/m1/s1. The van der Waals surface area contributed by atoms with E-state index in [1.54, 1.807) is 26.8 Å². The second-order valence-electron chi connectivity index (χ2n) is 5.32. The lowest BCUT2D eigenvalue weighted by Gasteiger charge is -2.23. The zero-order valence-electron chi connectivity index (χ0n) is 12.3. The summed E-state index contributed by atoms with van der Waals surface area (Å²) in [6.07, 6.45) is 3.60. The molecule has 0 aromatic heterocycles. The van der Waals surface area contributed by atoms with Crippen molar-refractivity contribution in [3.63, 3.8) is 0 Å². The summed E-state index contributed by atoms with van der Waals surface area (Å²) in [5.74, 6) is -0.283. The lowest BCUT2D eigenvalue weighted by molar-refractivity contribution is -0.140. The molecule has 1 amide bonds. The fourth-order valence-electron chi connectivity index (χ4n) is 1.48. The molecule has 0 aliphatic heterocycles. The minimum atomic E-state index is -0.532. The van der Waals surface area contributed by atoms with Crippen molar-refractivity contribution in [1.29, 1.82) is 0 Å². The third-order valence-electron chi connectivity index (χ3n) is 2.36. The van der Waals surface area contributed by atoms with E-state index in [2.05, 4.69) is 16.6 Å². The number of alkyl carbamates (subject to hydrolysis) is 1. The van der Waals surface area contributed by atoms with Crippen molar-refractivity contribution in [3.05, 3.63) is 12.7 Å². The molecule has 110 valence electrons. The number of allylic oxidation sites excluding steroid dienone is 1. The molecule has 0 aromatic carbocycles. The second kappa shape index (κ2) is 8.56. The average molecular weight is 271 g/mol. The van der Waals surface area contributed by atoms with E-state index in [1.165, 1.54) is 7.11 Å². The van der Waals surface area contributed by atoms with Gasteiger partial charge in [-0.15, -0.1) is 6.58 Å². The van der Waals surface area contributed by atoms with Crippen molar-refractivity contribution in [2.45, 2.75) is 58.1 Å². The third-order valence-corrected chi connectivity index (χ3v) is 2.36. The zero-order valence-corrected chi connectivity index (χ0v) is 12.3. The predicted molar refractivity (Wildman–Crippen MR) is 73.8 cm³/mol. The van der Waals surface area contributed by atoms with Crippen molar-refractivity contribution < 1.29 is 19.1 Å². The monoisotopic (exact) mass is 271 g/mol. The Hall–Kier alpha value is -1.52. The van der Waals surface area contributed by atoms with Gasteiger partial charge in [0.05, 0.1) is 7.11 Å². The van der Waals surface area contributed by atoms with Gasteiger partial charge in [0.15, 0.2) is 0 Å². The number of rotatable bonds is 7.